The Labute approximate surface area is 102 Å². The maximum atomic E-state index is 5.59. The van der Waals surface area contributed by atoms with Crippen molar-refractivity contribution >= 4 is 5.82 Å². The summed E-state index contributed by atoms with van der Waals surface area (Å²) in [5, 5.41) is 3.20. The van der Waals surface area contributed by atoms with Crippen LogP contribution in [0.3, 0.4) is 0 Å². The van der Waals surface area contributed by atoms with Crippen molar-refractivity contribution in [3.63, 3.8) is 0 Å². The van der Waals surface area contributed by atoms with Crippen LogP contribution in [-0.2, 0) is 4.74 Å². The number of hydrogen-bond donors (Lipinski definition) is 1. The van der Waals surface area contributed by atoms with Gasteiger partial charge >= 0.3 is 0 Å². The summed E-state index contributed by atoms with van der Waals surface area (Å²) in [7, 11) is 0. The van der Waals surface area contributed by atoms with Crippen LogP contribution in [0.4, 0.5) is 5.82 Å². The van der Waals surface area contributed by atoms with Gasteiger partial charge in [0.15, 0.2) is 0 Å². The fourth-order valence-corrected chi connectivity index (χ4v) is 1.72. The SMILES string of the molecule is CCCNc1cc(OCC2CCCO2)ncn1. The van der Waals surface area contributed by atoms with Gasteiger partial charge in [0.1, 0.15) is 18.8 Å². The van der Waals surface area contributed by atoms with Crippen LogP contribution in [0, 0.1) is 0 Å². The van der Waals surface area contributed by atoms with Crippen molar-refractivity contribution in [3.8, 4) is 5.88 Å². The van der Waals surface area contributed by atoms with Crippen LogP contribution in [0.25, 0.3) is 0 Å². The van der Waals surface area contributed by atoms with Gasteiger partial charge in [0.05, 0.1) is 6.10 Å². The molecule has 2 rings (SSSR count). The second kappa shape index (κ2) is 6.39. The van der Waals surface area contributed by atoms with E-state index in [1.807, 2.05) is 6.07 Å². The number of nitrogens with one attached hydrogen (secondary N) is 1. The van der Waals surface area contributed by atoms with Crippen molar-refractivity contribution in [2.45, 2.75) is 32.3 Å². The Kier molecular flexibility index (Phi) is 4.55. The summed E-state index contributed by atoms with van der Waals surface area (Å²) in [6, 6.07) is 1.82. The molecule has 0 aliphatic carbocycles. The van der Waals surface area contributed by atoms with E-state index < -0.39 is 0 Å². The molecule has 5 heteroatoms. The predicted molar refractivity (Wildman–Crippen MR) is 65.3 cm³/mol. The van der Waals surface area contributed by atoms with E-state index >= 15 is 0 Å². The number of ether oxygens (including phenoxy) is 2. The van der Waals surface area contributed by atoms with Gasteiger partial charge in [-0.2, -0.15) is 0 Å². The van der Waals surface area contributed by atoms with Crippen LogP contribution in [0.15, 0.2) is 12.4 Å². The van der Waals surface area contributed by atoms with E-state index in [0.717, 1.165) is 38.2 Å². The van der Waals surface area contributed by atoms with E-state index in [4.69, 9.17) is 9.47 Å². The molecule has 1 aliphatic heterocycles. The highest BCUT2D eigenvalue weighted by molar-refractivity contribution is 5.36. The molecule has 0 amide bonds. The molecule has 1 aromatic heterocycles. The topological polar surface area (TPSA) is 56.3 Å². The molecule has 0 aromatic carbocycles. The number of hydrogen-bond acceptors (Lipinski definition) is 5. The number of nitrogens with zero attached hydrogens (tertiary/aromatic N) is 2. The van der Waals surface area contributed by atoms with Gasteiger partial charge in [0, 0.05) is 19.2 Å². The Hall–Kier alpha value is -1.36. The first-order valence-corrected chi connectivity index (χ1v) is 6.19. The van der Waals surface area contributed by atoms with Crippen LogP contribution in [0.1, 0.15) is 26.2 Å². The average Bonchev–Trinajstić information content (AvgIpc) is 2.87. The van der Waals surface area contributed by atoms with Gasteiger partial charge in [0.25, 0.3) is 0 Å². The van der Waals surface area contributed by atoms with Crippen molar-refractivity contribution in [1.29, 1.82) is 0 Å². The summed E-state index contributed by atoms with van der Waals surface area (Å²) in [4.78, 5) is 8.20. The van der Waals surface area contributed by atoms with Crippen LogP contribution in [0.2, 0.25) is 0 Å². The van der Waals surface area contributed by atoms with Crippen molar-refractivity contribution in [1.82, 2.24) is 9.97 Å². The highest BCUT2D eigenvalue weighted by atomic mass is 16.5. The quantitative estimate of drug-likeness (QED) is 0.818. The minimum Gasteiger partial charge on any atom is -0.475 e. The Morgan fingerprint density at radius 1 is 1.53 bits per heavy atom. The Morgan fingerprint density at radius 3 is 3.24 bits per heavy atom. The Balaban J connectivity index is 1.82. The van der Waals surface area contributed by atoms with E-state index in [1.54, 1.807) is 0 Å². The van der Waals surface area contributed by atoms with Gasteiger partial charge in [0.2, 0.25) is 5.88 Å². The molecule has 17 heavy (non-hydrogen) atoms. The molecule has 1 aliphatic rings. The van der Waals surface area contributed by atoms with Crippen molar-refractivity contribution in [2.24, 2.45) is 0 Å². The number of anilines is 1. The van der Waals surface area contributed by atoms with E-state index in [0.29, 0.717) is 12.5 Å². The summed E-state index contributed by atoms with van der Waals surface area (Å²) in [5.74, 6) is 1.42. The zero-order valence-electron chi connectivity index (χ0n) is 10.2. The third-order valence-corrected chi connectivity index (χ3v) is 2.64. The molecule has 0 spiro atoms. The molecule has 1 unspecified atom stereocenters. The molecule has 0 bridgehead atoms. The van der Waals surface area contributed by atoms with Gasteiger partial charge < -0.3 is 14.8 Å². The lowest BCUT2D eigenvalue weighted by atomic mass is 10.2. The number of rotatable bonds is 6. The third kappa shape index (κ3) is 3.85. The van der Waals surface area contributed by atoms with Crippen molar-refractivity contribution in [2.75, 3.05) is 25.1 Å². The highest BCUT2D eigenvalue weighted by Gasteiger charge is 2.16. The lowest BCUT2D eigenvalue weighted by molar-refractivity contribution is 0.0663. The molecule has 1 atom stereocenters. The van der Waals surface area contributed by atoms with E-state index in [2.05, 4.69) is 22.2 Å². The van der Waals surface area contributed by atoms with Gasteiger partial charge in [-0.3, -0.25) is 0 Å². The molecule has 2 heterocycles. The standard InChI is InChI=1S/C12H19N3O2/c1-2-5-13-11-7-12(15-9-14-11)17-8-10-4-3-6-16-10/h7,9-10H,2-6,8H2,1H3,(H,13,14,15). The molecule has 0 radical (unpaired) electrons. The predicted octanol–water partition coefficient (Wildman–Crippen LogP) is 1.86. The van der Waals surface area contributed by atoms with Crippen molar-refractivity contribution in [3.05, 3.63) is 12.4 Å². The molecule has 5 nitrogen and oxygen atoms in total. The zero-order chi connectivity index (χ0) is 11.9. The van der Waals surface area contributed by atoms with Gasteiger partial charge in [-0.05, 0) is 19.3 Å². The zero-order valence-corrected chi connectivity index (χ0v) is 10.2. The lowest BCUT2D eigenvalue weighted by Gasteiger charge is -2.11. The maximum Gasteiger partial charge on any atom is 0.218 e. The maximum absolute atomic E-state index is 5.59. The summed E-state index contributed by atoms with van der Waals surface area (Å²) >= 11 is 0. The van der Waals surface area contributed by atoms with Crippen LogP contribution >= 0.6 is 0 Å². The fraction of sp³-hybridized carbons (Fsp3) is 0.667. The van der Waals surface area contributed by atoms with Crippen LogP contribution in [-0.4, -0.2) is 35.8 Å². The largest absolute Gasteiger partial charge is 0.475 e. The molecule has 1 N–H and O–H groups in total. The Bertz CT molecular complexity index is 340. The van der Waals surface area contributed by atoms with E-state index in [9.17, 15) is 0 Å². The summed E-state index contributed by atoms with van der Waals surface area (Å²) in [6.45, 7) is 4.44. The molecule has 0 saturated carbocycles. The summed E-state index contributed by atoms with van der Waals surface area (Å²) < 4.78 is 11.1. The lowest BCUT2D eigenvalue weighted by Crippen LogP contribution is -2.16. The second-order valence-electron chi connectivity index (χ2n) is 4.11. The van der Waals surface area contributed by atoms with E-state index in [1.165, 1.54) is 6.33 Å². The Morgan fingerprint density at radius 2 is 2.47 bits per heavy atom. The first-order valence-electron chi connectivity index (χ1n) is 6.19. The number of aromatic nitrogens is 2. The molecular formula is C12H19N3O2. The van der Waals surface area contributed by atoms with Crippen molar-refractivity contribution < 1.29 is 9.47 Å². The third-order valence-electron chi connectivity index (χ3n) is 2.64. The normalized spacial score (nSPS) is 19.2. The molecule has 1 aromatic rings. The van der Waals surface area contributed by atoms with Crippen LogP contribution in [0.5, 0.6) is 5.88 Å². The molecular weight excluding hydrogens is 218 g/mol. The summed E-state index contributed by atoms with van der Waals surface area (Å²) in [5.41, 5.74) is 0. The molecule has 1 fully saturated rings. The smallest absolute Gasteiger partial charge is 0.218 e. The van der Waals surface area contributed by atoms with Gasteiger partial charge in [-0.25, -0.2) is 9.97 Å². The summed E-state index contributed by atoms with van der Waals surface area (Å²) in [6.07, 6.45) is 5.00. The van der Waals surface area contributed by atoms with E-state index in [-0.39, 0.29) is 6.10 Å². The minimum absolute atomic E-state index is 0.219. The second-order valence-corrected chi connectivity index (χ2v) is 4.11. The monoisotopic (exact) mass is 237 g/mol. The average molecular weight is 237 g/mol. The van der Waals surface area contributed by atoms with Gasteiger partial charge in [-0.15, -0.1) is 0 Å². The first kappa shape index (κ1) is 12.1. The van der Waals surface area contributed by atoms with Crippen LogP contribution < -0.4 is 10.1 Å². The molecule has 1 saturated heterocycles. The highest BCUT2D eigenvalue weighted by Crippen LogP contribution is 2.15. The first-order chi connectivity index (χ1) is 8.38. The molecule has 94 valence electrons. The fourth-order valence-electron chi connectivity index (χ4n) is 1.72. The minimum atomic E-state index is 0.219. The van der Waals surface area contributed by atoms with Gasteiger partial charge in [-0.1, -0.05) is 6.92 Å².